The summed E-state index contributed by atoms with van der Waals surface area (Å²) >= 11 is 0. The first-order chi connectivity index (χ1) is 19.4. The zero-order chi connectivity index (χ0) is 28.1. The molecule has 214 valence electrons. The molecule has 0 radical (unpaired) electrons. The van der Waals surface area contributed by atoms with Gasteiger partial charge in [-0.3, -0.25) is 9.69 Å². The summed E-state index contributed by atoms with van der Waals surface area (Å²) in [6.45, 7) is 8.82. The molecular weight excluding hydrogens is 506 g/mol. The molecule has 2 aliphatic heterocycles. The van der Waals surface area contributed by atoms with E-state index >= 15 is 0 Å². The van der Waals surface area contributed by atoms with Gasteiger partial charge in [-0.05, 0) is 87.5 Å². The van der Waals surface area contributed by atoms with Gasteiger partial charge in [0.05, 0.1) is 26.8 Å². The largest absolute Gasteiger partial charge is 0.493 e. The van der Waals surface area contributed by atoms with Crippen LogP contribution in [-0.2, 0) is 11.3 Å². The third-order valence-corrected chi connectivity index (χ3v) is 8.33. The summed E-state index contributed by atoms with van der Waals surface area (Å²) in [5.41, 5.74) is 3.22. The lowest BCUT2D eigenvalue weighted by Crippen LogP contribution is -2.41. The van der Waals surface area contributed by atoms with Crippen LogP contribution in [0.4, 0.5) is 5.69 Å². The van der Waals surface area contributed by atoms with E-state index in [0.29, 0.717) is 29.8 Å². The molecule has 5 rings (SSSR count). The number of carbonyl (C=O) groups excluding carboxylic acids is 1. The second-order valence-electron chi connectivity index (χ2n) is 11.1. The molecule has 0 bridgehead atoms. The van der Waals surface area contributed by atoms with Crippen LogP contribution in [0.5, 0.6) is 11.5 Å². The maximum Gasteiger partial charge on any atom is 0.241 e. The third-order valence-electron chi connectivity index (χ3n) is 8.33. The van der Waals surface area contributed by atoms with Crippen molar-refractivity contribution >= 4 is 11.6 Å². The van der Waals surface area contributed by atoms with Crippen LogP contribution in [-0.4, -0.2) is 61.3 Å². The lowest BCUT2D eigenvalue weighted by Gasteiger charge is -2.32. The predicted octanol–water partition coefficient (Wildman–Crippen LogP) is 5.08. The van der Waals surface area contributed by atoms with Crippen LogP contribution in [0.1, 0.15) is 57.0 Å². The normalized spacial score (nSPS) is 17.9. The van der Waals surface area contributed by atoms with E-state index in [4.69, 9.17) is 14.0 Å². The molecule has 2 aliphatic rings. The number of amides is 1. The monoisotopic (exact) mass is 547 g/mol. The van der Waals surface area contributed by atoms with Crippen LogP contribution >= 0.6 is 0 Å². The van der Waals surface area contributed by atoms with Gasteiger partial charge in [0.1, 0.15) is 0 Å². The van der Waals surface area contributed by atoms with Crippen LogP contribution < -0.4 is 19.7 Å². The van der Waals surface area contributed by atoms with Crippen LogP contribution in [0.3, 0.4) is 0 Å². The van der Waals surface area contributed by atoms with E-state index in [0.717, 1.165) is 56.1 Å². The lowest BCUT2D eigenvalue weighted by atomic mass is 9.95. The maximum atomic E-state index is 13.1. The fraction of sp³-hybridized carbons (Fsp3) is 0.516. The molecule has 2 aromatic carbocycles. The van der Waals surface area contributed by atoms with E-state index in [1.165, 1.54) is 18.5 Å². The molecule has 9 nitrogen and oxygen atoms in total. The van der Waals surface area contributed by atoms with Crippen LogP contribution in [0.2, 0.25) is 0 Å². The SMILES string of the molecule is COc1ccc(-c2noc(CN3CCC(C(=O)NC(C)c4ccc(N5CCC(C)CC5)cc4)CC3)n2)cc1OC. The Morgan fingerprint density at radius 2 is 1.70 bits per heavy atom. The van der Waals surface area contributed by atoms with Gasteiger partial charge in [-0.2, -0.15) is 4.98 Å². The number of rotatable bonds is 9. The van der Waals surface area contributed by atoms with Gasteiger partial charge >= 0.3 is 0 Å². The van der Waals surface area contributed by atoms with Crippen LogP contribution in [0.15, 0.2) is 47.0 Å². The minimum atomic E-state index is -0.0191. The van der Waals surface area contributed by atoms with Crippen molar-refractivity contribution < 1.29 is 18.8 Å². The van der Waals surface area contributed by atoms with Crippen molar-refractivity contribution in [3.05, 3.63) is 53.9 Å². The average Bonchev–Trinajstić information content (AvgIpc) is 3.46. The Labute approximate surface area is 236 Å². The quantitative estimate of drug-likeness (QED) is 0.397. The lowest BCUT2D eigenvalue weighted by molar-refractivity contribution is -0.127. The summed E-state index contributed by atoms with van der Waals surface area (Å²) in [5, 5.41) is 7.39. The highest BCUT2D eigenvalue weighted by Gasteiger charge is 2.27. The first kappa shape index (κ1) is 28.0. The molecule has 0 saturated carbocycles. The highest BCUT2D eigenvalue weighted by atomic mass is 16.5. The number of ether oxygens (including phenoxy) is 2. The Kier molecular flexibility index (Phi) is 8.89. The predicted molar refractivity (Wildman–Crippen MR) is 154 cm³/mol. The van der Waals surface area contributed by atoms with Crippen molar-refractivity contribution in [2.75, 3.05) is 45.3 Å². The van der Waals surface area contributed by atoms with Crippen molar-refractivity contribution in [1.82, 2.24) is 20.4 Å². The zero-order valence-electron chi connectivity index (χ0n) is 24.1. The third kappa shape index (κ3) is 6.58. The highest BCUT2D eigenvalue weighted by Crippen LogP contribution is 2.31. The molecule has 0 spiro atoms. The van der Waals surface area contributed by atoms with Gasteiger partial charge in [0.15, 0.2) is 11.5 Å². The first-order valence-electron chi connectivity index (χ1n) is 14.4. The molecule has 2 saturated heterocycles. The number of piperidine rings is 2. The van der Waals surface area contributed by atoms with Crippen molar-refractivity contribution in [2.45, 2.75) is 52.1 Å². The van der Waals surface area contributed by atoms with Gasteiger partial charge in [-0.25, -0.2) is 0 Å². The van der Waals surface area contributed by atoms with Gasteiger partial charge in [-0.1, -0.05) is 24.2 Å². The number of hydrogen-bond acceptors (Lipinski definition) is 8. The fourth-order valence-corrected chi connectivity index (χ4v) is 5.61. The van der Waals surface area contributed by atoms with Gasteiger partial charge < -0.3 is 24.2 Å². The smallest absolute Gasteiger partial charge is 0.241 e. The molecule has 9 heteroatoms. The summed E-state index contributed by atoms with van der Waals surface area (Å²) in [6.07, 6.45) is 4.12. The standard InChI is InChI=1S/C31H41N5O4/c1-21-11-17-36(18-12-21)26-8-5-23(6-9-26)22(2)32-31(37)24-13-15-35(16-14-24)20-29-33-30(34-40-29)25-7-10-27(38-3)28(19-25)39-4/h5-10,19,21-22,24H,11-18,20H2,1-4H3,(H,32,37). The number of hydrogen-bond donors (Lipinski definition) is 1. The molecule has 1 amide bonds. The number of carbonyl (C=O) groups is 1. The van der Waals surface area contributed by atoms with Gasteiger partial charge in [0.25, 0.3) is 0 Å². The Hall–Kier alpha value is -3.59. The number of nitrogens with one attached hydrogen (secondary N) is 1. The topological polar surface area (TPSA) is 93.0 Å². The summed E-state index contributed by atoms with van der Waals surface area (Å²) in [6, 6.07) is 14.2. The van der Waals surface area contributed by atoms with E-state index < -0.39 is 0 Å². The van der Waals surface area contributed by atoms with Crippen molar-refractivity contribution in [3.8, 4) is 22.9 Å². The number of likely N-dealkylation sites (tertiary alicyclic amines) is 1. The summed E-state index contributed by atoms with van der Waals surface area (Å²) in [5.74, 6) is 3.30. The van der Waals surface area contributed by atoms with E-state index in [2.05, 4.69) is 63.4 Å². The molecule has 1 atom stereocenters. The Morgan fingerprint density at radius 1 is 1.00 bits per heavy atom. The Morgan fingerprint density at radius 3 is 2.38 bits per heavy atom. The van der Waals surface area contributed by atoms with Gasteiger partial charge in [-0.15, -0.1) is 0 Å². The molecule has 1 N–H and O–H groups in total. The number of benzene rings is 2. The minimum absolute atomic E-state index is 0.0123. The fourth-order valence-electron chi connectivity index (χ4n) is 5.61. The Balaban J connectivity index is 1.09. The molecule has 1 unspecified atom stereocenters. The second kappa shape index (κ2) is 12.7. The van der Waals surface area contributed by atoms with Gasteiger partial charge in [0.2, 0.25) is 17.6 Å². The first-order valence-corrected chi connectivity index (χ1v) is 14.4. The molecule has 2 fully saturated rings. The van der Waals surface area contributed by atoms with Crippen molar-refractivity contribution in [3.63, 3.8) is 0 Å². The van der Waals surface area contributed by atoms with E-state index in [1.54, 1.807) is 14.2 Å². The molecule has 0 aliphatic carbocycles. The Bertz CT molecular complexity index is 1260. The highest BCUT2D eigenvalue weighted by molar-refractivity contribution is 5.79. The van der Waals surface area contributed by atoms with Crippen molar-refractivity contribution in [2.24, 2.45) is 11.8 Å². The number of methoxy groups -OCH3 is 2. The average molecular weight is 548 g/mol. The van der Waals surface area contributed by atoms with E-state index in [9.17, 15) is 4.79 Å². The summed E-state index contributed by atoms with van der Waals surface area (Å²) in [4.78, 5) is 22.4. The molecular formula is C31H41N5O4. The van der Waals surface area contributed by atoms with Crippen LogP contribution in [0, 0.1) is 11.8 Å². The summed E-state index contributed by atoms with van der Waals surface area (Å²) < 4.78 is 16.2. The van der Waals surface area contributed by atoms with E-state index in [-0.39, 0.29) is 17.9 Å². The molecule has 40 heavy (non-hydrogen) atoms. The van der Waals surface area contributed by atoms with Crippen molar-refractivity contribution in [1.29, 1.82) is 0 Å². The zero-order valence-corrected chi connectivity index (χ0v) is 24.1. The number of nitrogens with zero attached hydrogens (tertiary/aromatic N) is 4. The van der Waals surface area contributed by atoms with Gasteiger partial charge in [0, 0.05) is 30.3 Å². The molecule has 3 heterocycles. The summed E-state index contributed by atoms with van der Waals surface area (Å²) in [7, 11) is 3.20. The van der Waals surface area contributed by atoms with Crippen LogP contribution in [0.25, 0.3) is 11.4 Å². The number of aromatic nitrogens is 2. The second-order valence-corrected chi connectivity index (χ2v) is 11.1. The number of anilines is 1. The molecule has 1 aromatic heterocycles. The maximum absolute atomic E-state index is 13.1. The molecule has 3 aromatic rings. The minimum Gasteiger partial charge on any atom is -0.493 e. The van der Waals surface area contributed by atoms with E-state index in [1.807, 2.05) is 18.2 Å².